The van der Waals surface area contributed by atoms with Gasteiger partial charge in [0.1, 0.15) is 0 Å². The molecular formula is C29H41NO5. The summed E-state index contributed by atoms with van der Waals surface area (Å²) in [5.41, 5.74) is 0.603. The van der Waals surface area contributed by atoms with E-state index in [2.05, 4.69) is 13.8 Å². The first-order valence-corrected chi connectivity index (χ1v) is 13.3. The third kappa shape index (κ3) is 10.5. The van der Waals surface area contributed by atoms with Crippen molar-refractivity contribution >= 4 is 11.5 Å². The van der Waals surface area contributed by atoms with Gasteiger partial charge in [-0.1, -0.05) is 90.2 Å². The highest BCUT2D eigenvalue weighted by atomic mass is 16.6. The van der Waals surface area contributed by atoms with Gasteiger partial charge in [-0.2, -0.15) is 0 Å². The summed E-state index contributed by atoms with van der Waals surface area (Å²) in [5.74, 6) is 0.918. The van der Waals surface area contributed by atoms with Crippen LogP contribution in [0.5, 0.6) is 11.5 Å². The predicted molar refractivity (Wildman–Crippen MR) is 141 cm³/mol. The van der Waals surface area contributed by atoms with Gasteiger partial charge >= 0.3 is 0 Å². The topological polar surface area (TPSA) is 78.7 Å². The monoisotopic (exact) mass is 483 g/mol. The molecule has 0 spiro atoms. The Morgan fingerprint density at radius 3 is 1.86 bits per heavy atom. The Kier molecular flexibility index (Phi) is 13.5. The minimum atomic E-state index is -0.495. The highest BCUT2D eigenvalue weighted by molar-refractivity contribution is 6.09. The number of nitro benzene ring substituents is 1. The lowest BCUT2D eigenvalue weighted by atomic mass is 10.0. The van der Waals surface area contributed by atoms with Crippen molar-refractivity contribution in [1.29, 1.82) is 0 Å². The summed E-state index contributed by atoms with van der Waals surface area (Å²) >= 11 is 0. The second-order valence-electron chi connectivity index (χ2n) is 9.03. The maximum Gasteiger partial charge on any atom is 0.270 e. The van der Waals surface area contributed by atoms with E-state index in [4.69, 9.17) is 9.47 Å². The van der Waals surface area contributed by atoms with E-state index < -0.39 is 4.92 Å². The van der Waals surface area contributed by atoms with Crippen LogP contribution in [0.2, 0.25) is 0 Å². The zero-order chi connectivity index (χ0) is 25.3. The van der Waals surface area contributed by atoms with Gasteiger partial charge in [-0.15, -0.1) is 0 Å². The van der Waals surface area contributed by atoms with E-state index in [0.717, 1.165) is 25.7 Å². The zero-order valence-corrected chi connectivity index (χ0v) is 21.4. The number of nitrogens with zero attached hydrogens (tertiary/aromatic N) is 1. The van der Waals surface area contributed by atoms with Gasteiger partial charge in [-0.05, 0) is 31.0 Å². The summed E-state index contributed by atoms with van der Waals surface area (Å²) < 4.78 is 12.1. The first kappa shape index (κ1) is 28.3. The summed E-state index contributed by atoms with van der Waals surface area (Å²) in [5, 5.41) is 11.1. The van der Waals surface area contributed by atoms with Crippen molar-refractivity contribution < 1.29 is 19.2 Å². The van der Waals surface area contributed by atoms with Gasteiger partial charge in [0.25, 0.3) is 5.69 Å². The molecule has 0 saturated carbocycles. The lowest BCUT2D eigenvalue weighted by Gasteiger charge is -2.14. The SMILES string of the molecule is CCCCCCCCOc1ccc(C(=O)c2cccc([N+](=O)[O-])c2)cc1OCCCCCCCC. The lowest BCUT2D eigenvalue weighted by Crippen LogP contribution is -2.06. The molecule has 0 aliphatic heterocycles. The van der Waals surface area contributed by atoms with Crippen molar-refractivity contribution in [3.63, 3.8) is 0 Å². The van der Waals surface area contributed by atoms with Gasteiger partial charge < -0.3 is 9.47 Å². The first-order chi connectivity index (χ1) is 17.1. The van der Waals surface area contributed by atoms with Gasteiger partial charge in [-0.25, -0.2) is 0 Å². The molecule has 0 aliphatic rings. The zero-order valence-electron chi connectivity index (χ0n) is 21.4. The van der Waals surface area contributed by atoms with Crippen LogP contribution in [0.3, 0.4) is 0 Å². The molecule has 2 rings (SSSR count). The van der Waals surface area contributed by atoms with Crippen LogP contribution >= 0.6 is 0 Å². The van der Waals surface area contributed by atoms with Crippen LogP contribution in [0.1, 0.15) is 107 Å². The molecule has 2 aromatic carbocycles. The number of unbranched alkanes of at least 4 members (excludes halogenated alkanes) is 10. The van der Waals surface area contributed by atoms with Crippen molar-refractivity contribution in [2.45, 2.75) is 90.9 Å². The normalized spacial score (nSPS) is 10.8. The third-order valence-electron chi connectivity index (χ3n) is 6.04. The Balaban J connectivity index is 2.04. The fourth-order valence-corrected chi connectivity index (χ4v) is 3.94. The molecule has 0 fully saturated rings. The highest BCUT2D eigenvalue weighted by Crippen LogP contribution is 2.30. The Hall–Kier alpha value is -2.89. The number of ketones is 1. The van der Waals surface area contributed by atoms with Crippen LogP contribution in [-0.4, -0.2) is 23.9 Å². The van der Waals surface area contributed by atoms with Crippen molar-refractivity contribution in [2.75, 3.05) is 13.2 Å². The average Bonchev–Trinajstić information content (AvgIpc) is 2.87. The van der Waals surface area contributed by atoms with E-state index in [1.54, 1.807) is 24.3 Å². The lowest BCUT2D eigenvalue weighted by molar-refractivity contribution is -0.384. The van der Waals surface area contributed by atoms with E-state index >= 15 is 0 Å². The summed E-state index contributed by atoms with van der Waals surface area (Å²) in [6.45, 7) is 5.59. The Morgan fingerprint density at radius 2 is 1.26 bits per heavy atom. The average molecular weight is 484 g/mol. The van der Waals surface area contributed by atoms with Crippen LogP contribution in [-0.2, 0) is 0 Å². The molecule has 35 heavy (non-hydrogen) atoms. The Morgan fingerprint density at radius 1 is 0.714 bits per heavy atom. The quantitative estimate of drug-likeness (QED) is 0.0869. The second kappa shape index (κ2) is 16.7. The molecule has 0 atom stereocenters. The Bertz CT molecular complexity index is 912. The molecule has 6 nitrogen and oxygen atoms in total. The maximum atomic E-state index is 13.0. The molecule has 0 saturated heterocycles. The number of ether oxygens (including phenoxy) is 2. The Labute approximate surface area is 210 Å². The fourth-order valence-electron chi connectivity index (χ4n) is 3.94. The minimum Gasteiger partial charge on any atom is -0.490 e. The van der Waals surface area contributed by atoms with Gasteiger partial charge in [0.2, 0.25) is 0 Å². The van der Waals surface area contributed by atoms with Crippen LogP contribution in [0.4, 0.5) is 5.69 Å². The largest absolute Gasteiger partial charge is 0.490 e. The number of hydrogen-bond donors (Lipinski definition) is 0. The smallest absolute Gasteiger partial charge is 0.270 e. The van der Waals surface area contributed by atoms with Crippen molar-refractivity contribution in [1.82, 2.24) is 0 Å². The van der Waals surface area contributed by atoms with Gasteiger partial charge in [0.05, 0.1) is 18.1 Å². The van der Waals surface area contributed by atoms with E-state index in [9.17, 15) is 14.9 Å². The molecule has 0 amide bonds. The van der Waals surface area contributed by atoms with Gasteiger partial charge in [-0.3, -0.25) is 14.9 Å². The molecule has 0 aromatic heterocycles. The molecule has 6 heteroatoms. The van der Waals surface area contributed by atoms with Crippen molar-refractivity contribution in [2.24, 2.45) is 0 Å². The molecule has 0 unspecified atom stereocenters. The van der Waals surface area contributed by atoms with Crippen LogP contribution < -0.4 is 9.47 Å². The molecule has 2 aromatic rings. The standard InChI is InChI=1S/C29H41NO5/c1-3-5-7-9-11-13-20-34-27-19-18-25(23-28(27)35-21-14-12-10-8-6-4-2)29(31)24-16-15-17-26(22-24)30(32)33/h15-19,22-23H,3-14,20-21H2,1-2H3. The third-order valence-corrected chi connectivity index (χ3v) is 6.04. The maximum absolute atomic E-state index is 13.0. The molecule has 0 bridgehead atoms. The van der Waals surface area contributed by atoms with Gasteiger partial charge in [0.15, 0.2) is 17.3 Å². The summed E-state index contributed by atoms with van der Waals surface area (Å²) in [6.07, 6.45) is 14.1. The van der Waals surface area contributed by atoms with Crippen LogP contribution in [0.15, 0.2) is 42.5 Å². The predicted octanol–water partition coefficient (Wildman–Crippen LogP) is 8.30. The van der Waals surface area contributed by atoms with E-state index in [0.29, 0.717) is 30.3 Å². The number of carbonyl (C=O) groups is 1. The van der Waals surface area contributed by atoms with Crippen molar-refractivity contribution in [3.05, 3.63) is 63.7 Å². The summed E-state index contributed by atoms with van der Waals surface area (Å²) in [6, 6.07) is 11.0. The van der Waals surface area contributed by atoms with E-state index in [1.165, 1.54) is 69.6 Å². The number of rotatable bonds is 19. The number of hydrogen-bond acceptors (Lipinski definition) is 5. The number of benzene rings is 2. The number of carbonyl (C=O) groups excluding carboxylic acids is 1. The first-order valence-electron chi connectivity index (χ1n) is 13.3. The number of non-ortho nitro benzene ring substituents is 1. The van der Waals surface area contributed by atoms with E-state index in [-0.39, 0.29) is 17.0 Å². The number of nitro groups is 1. The fraction of sp³-hybridized carbons (Fsp3) is 0.552. The minimum absolute atomic E-state index is 0.103. The van der Waals surface area contributed by atoms with Crippen molar-refractivity contribution in [3.8, 4) is 11.5 Å². The van der Waals surface area contributed by atoms with Crippen LogP contribution in [0, 0.1) is 10.1 Å². The molecule has 0 radical (unpaired) electrons. The molecular weight excluding hydrogens is 442 g/mol. The van der Waals surface area contributed by atoms with Gasteiger partial charge in [0, 0.05) is 23.3 Å². The second-order valence-corrected chi connectivity index (χ2v) is 9.03. The summed E-state index contributed by atoms with van der Waals surface area (Å²) in [4.78, 5) is 23.6. The molecule has 192 valence electrons. The highest BCUT2D eigenvalue weighted by Gasteiger charge is 2.16. The van der Waals surface area contributed by atoms with Crippen LogP contribution in [0.25, 0.3) is 0 Å². The molecule has 0 N–H and O–H groups in total. The summed E-state index contributed by atoms with van der Waals surface area (Å²) in [7, 11) is 0. The molecule has 0 aliphatic carbocycles. The molecule has 0 heterocycles. The van der Waals surface area contributed by atoms with E-state index in [1.807, 2.05) is 0 Å².